The summed E-state index contributed by atoms with van der Waals surface area (Å²) < 4.78 is 19.1. The van der Waals surface area contributed by atoms with Crippen LogP contribution in [0.1, 0.15) is 44.9 Å². The van der Waals surface area contributed by atoms with Crippen LogP contribution in [0.15, 0.2) is 50.6 Å². The van der Waals surface area contributed by atoms with Crippen LogP contribution in [-0.4, -0.2) is 50.3 Å². The molecule has 0 bridgehead atoms. The van der Waals surface area contributed by atoms with Crippen molar-refractivity contribution >= 4 is 23.9 Å². The molecule has 0 radical (unpaired) electrons. The van der Waals surface area contributed by atoms with Crippen molar-refractivity contribution in [2.45, 2.75) is 44.9 Å². The van der Waals surface area contributed by atoms with Gasteiger partial charge < -0.3 is 18.9 Å². The van der Waals surface area contributed by atoms with Gasteiger partial charge in [-0.15, -0.1) is 0 Å². The zero-order valence-corrected chi connectivity index (χ0v) is 18.2. The van der Waals surface area contributed by atoms with Crippen LogP contribution in [-0.2, 0) is 38.1 Å². The van der Waals surface area contributed by atoms with E-state index in [1.54, 1.807) is 0 Å². The molecule has 0 spiro atoms. The van der Waals surface area contributed by atoms with Crippen molar-refractivity contribution in [3.8, 4) is 0 Å². The van der Waals surface area contributed by atoms with Gasteiger partial charge in [-0.2, -0.15) is 0 Å². The minimum atomic E-state index is -0.409. The normalized spacial score (nSPS) is 9.16. The maximum atomic E-state index is 10.6. The SMILES string of the molecule is C=CC(=O)OCCCCCCOC(=O)C=C.C=CC(=O)OCCCCCOC(=O)C=C. The van der Waals surface area contributed by atoms with Gasteiger partial charge in [0.1, 0.15) is 0 Å². The molecular formula is C23H34O8. The quantitative estimate of drug-likeness (QED) is 0.147. The minimum Gasteiger partial charge on any atom is -0.463 e. The second-order valence-corrected chi connectivity index (χ2v) is 5.96. The molecule has 8 heteroatoms. The molecule has 0 aromatic heterocycles. The van der Waals surface area contributed by atoms with Gasteiger partial charge in [-0.25, -0.2) is 19.2 Å². The van der Waals surface area contributed by atoms with E-state index in [9.17, 15) is 19.2 Å². The lowest BCUT2D eigenvalue weighted by Crippen LogP contribution is -2.04. The van der Waals surface area contributed by atoms with E-state index in [0.717, 1.165) is 69.2 Å². The summed E-state index contributed by atoms with van der Waals surface area (Å²) in [7, 11) is 0. The highest BCUT2D eigenvalue weighted by Crippen LogP contribution is 2.01. The van der Waals surface area contributed by atoms with Gasteiger partial charge in [0.05, 0.1) is 26.4 Å². The zero-order chi connectivity index (χ0) is 23.7. The van der Waals surface area contributed by atoms with Crippen molar-refractivity contribution in [3.63, 3.8) is 0 Å². The molecule has 0 rings (SSSR count). The van der Waals surface area contributed by atoms with E-state index in [-0.39, 0.29) is 11.9 Å². The molecule has 0 saturated carbocycles. The van der Waals surface area contributed by atoms with Crippen molar-refractivity contribution in [2.75, 3.05) is 26.4 Å². The molecule has 0 saturated heterocycles. The Balaban J connectivity index is 0. The Kier molecular flexibility index (Phi) is 22.4. The summed E-state index contributed by atoms with van der Waals surface area (Å²) in [4.78, 5) is 42.5. The molecule has 0 amide bonds. The Hall–Kier alpha value is -3.16. The van der Waals surface area contributed by atoms with Gasteiger partial charge in [0, 0.05) is 24.3 Å². The predicted octanol–water partition coefficient (Wildman–Crippen LogP) is 3.62. The fourth-order valence-electron chi connectivity index (χ4n) is 1.87. The summed E-state index contributed by atoms with van der Waals surface area (Å²) in [5, 5.41) is 0. The molecule has 0 fully saturated rings. The molecule has 0 aliphatic carbocycles. The summed E-state index contributed by atoms with van der Waals surface area (Å²) in [5.41, 5.74) is 0. The second-order valence-electron chi connectivity index (χ2n) is 5.96. The molecule has 174 valence electrons. The molecule has 0 aromatic rings. The Morgan fingerprint density at radius 2 is 0.613 bits per heavy atom. The Morgan fingerprint density at radius 1 is 0.419 bits per heavy atom. The van der Waals surface area contributed by atoms with Crippen LogP contribution in [0.25, 0.3) is 0 Å². The molecule has 0 heterocycles. The first-order valence-electron chi connectivity index (χ1n) is 10.1. The van der Waals surface area contributed by atoms with Crippen LogP contribution in [0.5, 0.6) is 0 Å². The van der Waals surface area contributed by atoms with Crippen LogP contribution in [0, 0.1) is 0 Å². The molecule has 0 N–H and O–H groups in total. The average Bonchev–Trinajstić information content (AvgIpc) is 2.79. The van der Waals surface area contributed by atoms with Crippen LogP contribution in [0.3, 0.4) is 0 Å². The third-order valence-electron chi connectivity index (χ3n) is 3.47. The van der Waals surface area contributed by atoms with Crippen LogP contribution in [0.2, 0.25) is 0 Å². The number of ether oxygens (including phenoxy) is 4. The predicted molar refractivity (Wildman–Crippen MR) is 117 cm³/mol. The molecule has 0 unspecified atom stereocenters. The smallest absolute Gasteiger partial charge is 0.330 e. The number of unbranched alkanes of at least 4 members (excludes halogenated alkanes) is 5. The van der Waals surface area contributed by atoms with Crippen LogP contribution < -0.4 is 0 Å². The lowest BCUT2D eigenvalue weighted by molar-refractivity contribution is -0.139. The lowest BCUT2D eigenvalue weighted by atomic mass is 10.2. The van der Waals surface area contributed by atoms with Gasteiger partial charge >= 0.3 is 23.9 Å². The highest BCUT2D eigenvalue weighted by molar-refractivity contribution is 5.82. The molecule has 0 aliphatic heterocycles. The van der Waals surface area contributed by atoms with E-state index in [0.29, 0.717) is 26.4 Å². The monoisotopic (exact) mass is 438 g/mol. The Labute approximate surface area is 184 Å². The van der Waals surface area contributed by atoms with Gasteiger partial charge in [-0.3, -0.25) is 0 Å². The number of hydrogen-bond donors (Lipinski definition) is 0. The second kappa shape index (κ2) is 23.1. The van der Waals surface area contributed by atoms with E-state index in [1.807, 2.05) is 0 Å². The zero-order valence-electron chi connectivity index (χ0n) is 18.2. The molecule has 0 atom stereocenters. The summed E-state index contributed by atoms with van der Waals surface area (Å²) >= 11 is 0. The largest absolute Gasteiger partial charge is 0.463 e. The van der Waals surface area contributed by atoms with Crippen molar-refractivity contribution < 1.29 is 38.1 Å². The molecule has 8 nitrogen and oxygen atoms in total. The van der Waals surface area contributed by atoms with Crippen molar-refractivity contribution in [3.05, 3.63) is 50.6 Å². The van der Waals surface area contributed by atoms with E-state index < -0.39 is 11.9 Å². The van der Waals surface area contributed by atoms with Gasteiger partial charge in [-0.05, 0) is 44.9 Å². The first-order chi connectivity index (χ1) is 14.9. The van der Waals surface area contributed by atoms with Crippen molar-refractivity contribution in [1.82, 2.24) is 0 Å². The minimum absolute atomic E-state index is 0.375. The standard InChI is InChI=1S/C12H18O4.C11H16O4/c1-3-11(13)15-9-7-5-6-8-10-16-12(14)4-2;1-3-10(12)14-8-6-5-7-9-15-11(13)4-2/h3-4H,1-2,5-10H2;3-4H,1-2,5-9H2. The highest BCUT2D eigenvalue weighted by Gasteiger charge is 1.98. The van der Waals surface area contributed by atoms with Crippen LogP contribution >= 0.6 is 0 Å². The first-order valence-corrected chi connectivity index (χ1v) is 10.1. The highest BCUT2D eigenvalue weighted by atomic mass is 16.5. The fourth-order valence-corrected chi connectivity index (χ4v) is 1.87. The van der Waals surface area contributed by atoms with Crippen molar-refractivity contribution in [2.24, 2.45) is 0 Å². The van der Waals surface area contributed by atoms with E-state index in [1.165, 1.54) is 0 Å². The Bertz CT molecular complexity index is 530. The summed E-state index contributed by atoms with van der Waals surface area (Å²) in [6.07, 6.45) is 10.4. The summed E-state index contributed by atoms with van der Waals surface area (Å²) in [5.74, 6) is -1.60. The van der Waals surface area contributed by atoms with Gasteiger partial charge in [0.15, 0.2) is 0 Å². The van der Waals surface area contributed by atoms with E-state index in [2.05, 4.69) is 26.3 Å². The van der Waals surface area contributed by atoms with Crippen molar-refractivity contribution in [1.29, 1.82) is 0 Å². The van der Waals surface area contributed by atoms with E-state index >= 15 is 0 Å². The number of rotatable bonds is 17. The van der Waals surface area contributed by atoms with Gasteiger partial charge in [0.2, 0.25) is 0 Å². The lowest BCUT2D eigenvalue weighted by Gasteiger charge is -2.03. The first kappa shape index (κ1) is 30.0. The molecule has 0 aromatic carbocycles. The third kappa shape index (κ3) is 24.8. The number of carbonyl (C=O) groups is 4. The van der Waals surface area contributed by atoms with E-state index in [4.69, 9.17) is 18.9 Å². The fraction of sp³-hybridized carbons (Fsp3) is 0.478. The topological polar surface area (TPSA) is 105 Å². The average molecular weight is 439 g/mol. The maximum Gasteiger partial charge on any atom is 0.330 e. The van der Waals surface area contributed by atoms with Gasteiger partial charge in [-0.1, -0.05) is 26.3 Å². The Morgan fingerprint density at radius 3 is 0.806 bits per heavy atom. The van der Waals surface area contributed by atoms with Crippen LogP contribution in [0.4, 0.5) is 0 Å². The number of carbonyl (C=O) groups excluding carboxylic acids is 4. The van der Waals surface area contributed by atoms with Gasteiger partial charge in [0.25, 0.3) is 0 Å². The summed E-state index contributed by atoms with van der Waals surface area (Å²) in [6, 6.07) is 0. The maximum absolute atomic E-state index is 10.6. The molecule has 31 heavy (non-hydrogen) atoms. The molecular weight excluding hydrogens is 404 g/mol. The number of esters is 4. The third-order valence-corrected chi connectivity index (χ3v) is 3.47. The summed E-state index contributed by atoms with van der Waals surface area (Å²) in [6.45, 7) is 14.7. The number of hydrogen-bond acceptors (Lipinski definition) is 8. The molecule has 0 aliphatic rings.